The van der Waals surface area contributed by atoms with E-state index in [2.05, 4.69) is 15.0 Å². The first kappa shape index (κ1) is 23.0. The number of hydrogen-bond donors (Lipinski definition) is 1. The predicted molar refractivity (Wildman–Crippen MR) is 112 cm³/mol. The Morgan fingerprint density at radius 1 is 1.21 bits per heavy atom. The normalized spacial score (nSPS) is 17.3. The summed E-state index contributed by atoms with van der Waals surface area (Å²) >= 11 is 0. The molecule has 0 spiro atoms. The molecule has 4 rings (SSSR count). The van der Waals surface area contributed by atoms with E-state index in [0.717, 1.165) is 18.2 Å². The first-order valence-electron chi connectivity index (χ1n) is 10.1. The highest BCUT2D eigenvalue weighted by molar-refractivity contribution is 5.91. The summed E-state index contributed by atoms with van der Waals surface area (Å²) in [5, 5.41) is 11.0. The molecule has 1 unspecified atom stereocenters. The Hall–Kier alpha value is -3.14. The maximum atomic E-state index is 14.2. The van der Waals surface area contributed by atoms with E-state index in [1.807, 2.05) is 0 Å². The number of nitrogens with zero attached hydrogens (tertiary/aromatic N) is 3. The highest BCUT2D eigenvalue weighted by atomic mass is 19.4. The van der Waals surface area contributed by atoms with E-state index < -0.39 is 35.2 Å². The van der Waals surface area contributed by atoms with Crippen LogP contribution in [0.4, 0.5) is 27.6 Å². The molecule has 1 aromatic heterocycles. The van der Waals surface area contributed by atoms with Crippen molar-refractivity contribution in [3.8, 4) is 5.75 Å². The number of rotatable bonds is 6. The molecule has 0 aliphatic heterocycles. The number of halogens is 5. The van der Waals surface area contributed by atoms with Gasteiger partial charge in [0.1, 0.15) is 11.6 Å². The van der Waals surface area contributed by atoms with E-state index >= 15 is 0 Å². The largest absolute Gasteiger partial charge is 0.493 e. The van der Waals surface area contributed by atoms with E-state index in [-0.39, 0.29) is 27.9 Å². The zero-order valence-electron chi connectivity index (χ0n) is 17.7. The van der Waals surface area contributed by atoms with Gasteiger partial charge in [-0.1, -0.05) is 12.1 Å². The summed E-state index contributed by atoms with van der Waals surface area (Å²) in [5.74, 6) is -1.24. The van der Waals surface area contributed by atoms with Crippen LogP contribution in [-0.2, 0) is 5.41 Å². The number of aryl methyl sites for hydroxylation is 1. The highest BCUT2D eigenvalue weighted by Gasteiger charge is 2.60. The van der Waals surface area contributed by atoms with E-state index in [9.17, 15) is 27.1 Å². The van der Waals surface area contributed by atoms with Gasteiger partial charge in [0.2, 0.25) is 0 Å². The summed E-state index contributed by atoms with van der Waals surface area (Å²) in [7, 11) is 1.23. The molecule has 174 valence electrons. The van der Waals surface area contributed by atoms with Gasteiger partial charge in [0, 0.05) is 47.3 Å². The second-order valence-corrected chi connectivity index (χ2v) is 8.23. The fourth-order valence-corrected chi connectivity index (χ4v) is 4.02. The van der Waals surface area contributed by atoms with E-state index in [0.29, 0.717) is 24.9 Å². The van der Waals surface area contributed by atoms with Crippen LogP contribution in [0.1, 0.15) is 30.7 Å². The number of ether oxygens (including phenoxy) is 1. The average molecular weight is 465 g/mol. The molecule has 2 aromatic carbocycles. The van der Waals surface area contributed by atoms with Gasteiger partial charge >= 0.3 is 6.18 Å². The van der Waals surface area contributed by atoms with Gasteiger partial charge in [-0.25, -0.2) is 18.7 Å². The molecule has 5 nitrogen and oxygen atoms in total. The molecule has 10 heteroatoms. The summed E-state index contributed by atoms with van der Waals surface area (Å²) in [6, 6.07) is 6.08. The van der Waals surface area contributed by atoms with Crippen molar-refractivity contribution >= 4 is 22.8 Å². The van der Waals surface area contributed by atoms with Crippen LogP contribution in [-0.4, -0.2) is 40.2 Å². The summed E-state index contributed by atoms with van der Waals surface area (Å²) < 4.78 is 75.4. The van der Waals surface area contributed by atoms with Crippen LogP contribution in [0.2, 0.25) is 0 Å². The highest BCUT2D eigenvalue weighted by Crippen LogP contribution is 2.57. The van der Waals surface area contributed by atoms with Crippen LogP contribution in [0.15, 0.2) is 41.5 Å². The first-order chi connectivity index (χ1) is 15.5. The van der Waals surface area contributed by atoms with Gasteiger partial charge in [-0.2, -0.15) is 13.2 Å². The lowest BCUT2D eigenvalue weighted by Crippen LogP contribution is -2.49. The minimum Gasteiger partial charge on any atom is -0.493 e. The van der Waals surface area contributed by atoms with E-state index in [1.165, 1.54) is 25.4 Å². The topological polar surface area (TPSA) is 67.6 Å². The molecule has 1 aliphatic carbocycles. The lowest BCUT2D eigenvalue weighted by atomic mass is 9.82. The number of benzene rings is 2. The zero-order valence-corrected chi connectivity index (χ0v) is 17.7. The third kappa shape index (κ3) is 4.27. The van der Waals surface area contributed by atoms with Crippen molar-refractivity contribution in [1.29, 1.82) is 0 Å². The molecule has 0 saturated heterocycles. The fourth-order valence-electron chi connectivity index (χ4n) is 4.02. The third-order valence-corrected chi connectivity index (χ3v) is 5.88. The minimum atomic E-state index is -5.09. The molecular weight excluding hydrogens is 445 g/mol. The van der Waals surface area contributed by atoms with Gasteiger partial charge in [-0.15, -0.1) is 0 Å². The van der Waals surface area contributed by atoms with Crippen molar-refractivity contribution in [3.63, 3.8) is 0 Å². The maximum Gasteiger partial charge on any atom is 0.422 e. The van der Waals surface area contributed by atoms with Crippen molar-refractivity contribution in [1.82, 2.24) is 9.97 Å². The molecule has 1 N–H and O–H groups in total. The average Bonchev–Trinajstić information content (AvgIpc) is 3.50. The Labute approximate surface area is 186 Å². The second kappa shape index (κ2) is 8.02. The molecule has 0 radical (unpaired) electrons. The van der Waals surface area contributed by atoms with Crippen LogP contribution in [0.25, 0.3) is 10.9 Å². The van der Waals surface area contributed by atoms with Crippen LogP contribution >= 0.6 is 0 Å². The van der Waals surface area contributed by atoms with Crippen molar-refractivity contribution in [2.75, 3.05) is 7.11 Å². The van der Waals surface area contributed by atoms with Crippen molar-refractivity contribution < 1.29 is 31.8 Å². The van der Waals surface area contributed by atoms with Gasteiger partial charge in [-0.05, 0) is 25.8 Å². The van der Waals surface area contributed by atoms with Crippen LogP contribution < -0.4 is 4.74 Å². The molecular formula is C23H20F5N3O2. The first-order valence-corrected chi connectivity index (χ1v) is 10.1. The molecule has 1 saturated carbocycles. The smallest absolute Gasteiger partial charge is 0.422 e. The Bertz CT molecular complexity index is 1240. The van der Waals surface area contributed by atoms with Gasteiger partial charge in [0.15, 0.2) is 17.2 Å². The van der Waals surface area contributed by atoms with Gasteiger partial charge in [0.05, 0.1) is 18.3 Å². The quantitative estimate of drug-likeness (QED) is 0.394. The number of hydrogen-bond acceptors (Lipinski definition) is 5. The Morgan fingerprint density at radius 2 is 1.94 bits per heavy atom. The summed E-state index contributed by atoms with van der Waals surface area (Å²) in [6.45, 7) is 1.59. The standard InChI is InChI=1S/C23H20F5N3O2/c1-13-29-10-15-18(8-14(24)9-19(15)31-13)30-12-22(32,23(26,27)28)11-21(6-7-21)16-4-3-5-17(25)20(16)33-2/h3-5,8-10,12,32H,6-7,11H2,1-2H3. The zero-order chi connectivity index (χ0) is 24.0. The molecule has 3 aromatic rings. The molecule has 0 amide bonds. The number of para-hydroxylation sites is 1. The second-order valence-electron chi connectivity index (χ2n) is 8.23. The van der Waals surface area contributed by atoms with Crippen molar-refractivity contribution in [2.45, 2.75) is 43.4 Å². The molecule has 1 aliphatic rings. The molecule has 1 atom stereocenters. The van der Waals surface area contributed by atoms with Crippen molar-refractivity contribution in [2.24, 2.45) is 4.99 Å². The number of aromatic nitrogens is 2. The molecule has 1 fully saturated rings. The molecule has 1 heterocycles. The maximum absolute atomic E-state index is 14.2. The van der Waals surface area contributed by atoms with Crippen LogP contribution in [0.3, 0.4) is 0 Å². The Kier molecular flexibility index (Phi) is 5.60. The molecule has 33 heavy (non-hydrogen) atoms. The lowest BCUT2D eigenvalue weighted by Gasteiger charge is -2.31. The summed E-state index contributed by atoms with van der Waals surface area (Å²) in [4.78, 5) is 11.9. The van der Waals surface area contributed by atoms with Gasteiger partial charge < -0.3 is 9.84 Å². The number of methoxy groups -OCH3 is 1. The Balaban J connectivity index is 1.75. The Morgan fingerprint density at radius 3 is 2.58 bits per heavy atom. The SMILES string of the molecule is COc1c(F)cccc1C1(CC(O)(C=Nc2cc(F)cc3nc(C)ncc23)C(F)(F)F)CC1. The number of alkyl halides is 3. The number of aliphatic imine (C=N–C) groups is 1. The fraction of sp³-hybridized carbons (Fsp3) is 0.348. The number of aliphatic hydroxyl groups is 1. The van der Waals surface area contributed by atoms with E-state index in [1.54, 1.807) is 6.92 Å². The van der Waals surface area contributed by atoms with Gasteiger partial charge in [-0.3, -0.25) is 4.99 Å². The lowest BCUT2D eigenvalue weighted by molar-refractivity contribution is -0.233. The predicted octanol–water partition coefficient (Wildman–Crippen LogP) is 5.34. The van der Waals surface area contributed by atoms with Crippen LogP contribution in [0, 0.1) is 18.6 Å². The molecule has 0 bridgehead atoms. The van der Waals surface area contributed by atoms with E-state index in [4.69, 9.17) is 4.74 Å². The number of fused-ring (bicyclic) bond motifs is 1. The third-order valence-electron chi connectivity index (χ3n) is 5.88. The van der Waals surface area contributed by atoms with Crippen LogP contribution in [0.5, 0.6) is 5.75 Å². The minimum absolute atomic E-state index is 0.152. The summed E-state index contributed by atoms with van der Waals surface area (Å²) in [6.07, 6.45) is -3.59. The monoisotopic (exact) mass is 465 g/mol. The summed E-state index contributed by atoms with van der Waals surface area (Å²) in [5.41, 5.74) is -4.23. The van der Waals surface area contributed by atoms with Crippen molar-refractivity contribution in [3.05, 3.63) is 59.6 Å². The van der Waals surface area contributed by atoms with Gasteiger partial charge in [0.25, 0.3) is 0 Å².